The molecule has 0 N–H and O–H groups in total. The standard InChI is InChI=1S/C60H99NO8/c1-6-8-10-12-14-16-18-19-20-21-22-23-24-25-26-27-28-29-30-31-32-33-34-35-36-37-38-39-41-43-45-47-49-51-58(63)69-56(55-68-60(59(64)65)66-53-52-61(3,4)5)54-67-57(62)50-48-46-44-42-40-17-15-13-11-9-7-2/h8,10,14,16,19-20,22-23,25-26,28-29,31-32,34-35,37-38,56,60H,6-7,9,11-13,15,17-18,21,24,27,30,33,36,39-55H2,1-5H3/b10-8-,16-14-,20-19-,23-22-,26-25-,29-28-,32-31-,35-34-,38-37-. The van der Waals surface area contributed by atoms with Gasteiger partial charge in [-0.3, -0.25) is 9.59 Å². The number of carboxylic acid groups (broad SMARTS) is 1. The molecule has 0 aromatic rings. The van der Waals surface area contributed by atoms with Gasteiger partial charge in [0.1, 0.15) is 13.2 Å². The van der Waals surface area contributed by atoms with Crippen molar-refractivity contribution in [3.05, 3.63) is 109 Å². The number of unbranched alkanes of at least 4 members (excludes halogenated alkanes) is 15. The number of hydrogen-bond acceptors (Lipinski definition) is 8. The number of carbonyl (C=O) groups is 3. The van der Waals surface area contributed by atoms with Gasteiger partial charge in [-0.1, -0.05) is 207 Å². The van der Waals surface area contributed by atoms with Gasteiger partial charge in [-0.2, -0.15) is 0 Å². The topological polar surface area (TPSA) is 111 Å². The number of likely N-dealkylation sites (N-methyl/N-ethyl adjacent to an activating group) is 1. The van der Waals surface area contributed by atoms with Crippen LogP contribution in [-0.4, -0.2) is 82.3 Å². The monoisotopic (exact) mass is 962 g/mol. The molecule has 2 atom stereocenters. The molecule has 0 aliphatic carbocycles. The van der Waals surface area contributed by atoms with Gasteiger partial charge >= 0.3 is 11.9 Å². The largest absolute Gasteiger partial charge is 0.545 e. The molecular formula is C60H99NO8. The molecule has 0 aromatic heterocycles. The van der Waals surface area contributed by atoms with Gasteiger partial charge in [-0.25, -0.2) is 0 Å². The third-order valence-electron chi connectivity index (χ3n) is 11.0. The molecule has 0 saturated carbocycles. The summed E-state index contributed by atoms with van der Waals surface area (Å²) < 4.78 is 22.6. The fourth-order valence-electron chi connectivity index (χ4n) is 6.88. The smallest absolute Gasteiger partial charge is 0.306 e. The molecule has 0 spiro atoms. The van der Waals surface area contributed by atoms with Crippen molar-refractivity contribution in [3.63, 3.8) is 0 Å². The van der Waals surface area contributed by atoms with E-state index in [9.17, 15) is 19.5 Å². The van der Waals surface area contributed by atoms with Crippen LogP contribution >= 0.6 is 0 Å². The maximum Gasteiger partial charge on any atom is 0.306 e. The Kier molecular flexibility index (Phi) is 47.4. The number of quaternary nitrogens is 1. The molecule has 0 bridgehead atoms. The van der Waals surface area contributed by atoms with Crippen LogP contribution in [0.1, 0.15) is 194 Å². The predicted molar refractivity (Wildman–Crippen MR) is 287 cm³/mol. The lowest BCUT2D eigenvalue weighted by molar-refractivity contribution is -0.870. The van der Waals surface area contributed by atoms with Crippen LogP contribution < -0.4 is 5.11 Å². The molecule has 392 valence electrons. The molecule has 0 aliphatic rings. The molecule has 0 heterocycles. The Bertz CT molecular complexity index is 1490. The lowest BCUT2D eigenvalue weighted by Gasteiger charge is -2.26. The summed E-state index contributed by atoms with van der Waals surface area (Å²) in [6.07, 6.45) is 65.6. The van der Waals surface area contributed by atoms with Crippen molar-refractivity contribution >= 4 is 17.9 Å². The van der Waals surface area contributed by atoms with E-state index in [1.807, 2.05) is 21.1 Å². The van der Waals surface area contributed by atoms with Gasteiger partial charge in [0.25, 0.3) is 0 Å². The van der Waals surface area contributed by atoms with Gasteiger partial charge in [-0.15, -0.1) is 0 Å². The van der Waals surface area contributed by atoms with Gasteiger partial charge < -0.3 is 33.3 Å². The normalized spacial score (nSPS) is 13.7. The Morgan fingerprint density at radius 2 is 0.826 bits per heavy atom. The Labute approximate surface area is 422 Å². The first-order valence-corrected chi connectivity index (χ1v) is 27.0. The van der Waals surface area contributed by atoms with Crippen molar-refractivity contribution in [2.75, 3.05) is 47.5 Å². The third kappa shape index (κ3) is 51.6. The molecule has 0 amide bonds. The number of ether oxygens (including phenoxy) is 4. The van der Waals surface area contributed by atoms with Crippen molar-refractivity contribution in [3.8, 4) is 0 Å². The van der Waals surface area contributed by atoms with Crippen molar-refractivity contribution in [1.82, 2.24) is 0 Å². The van der Waals surface area contributed by atoms with E-state index in [0.29, 0.717) is 17.4 Å². The van der Waals surface area contributed by atoms with Crippen LogP contribution in [0, 0.1) is 0 Å². The Morgan fingerprint density at radius 3 is 1.23 bits per heavy atom. The van der Waals surface area contributed by atoms with Gasteiger partial charge in [0, 0.05) is 12.8 Å². The first kappa shape index (κ1) is 65.0. The average molecular weight is 962 g/mol. The van der Waals surface area contributed by atoms with E-state index < -0.39 is 24.3 Å². The molecule has 2 unspecified atom stereocenters. The summed E-state index contributed by atoms with van der Waals surface area (Å²) in [7, 11) is 5.90. The van der Waals surface area contributed by atoms with E-state index in [1.54, 1.807) is 0 Å². The summed E-state index contributed by atoms with van der Waals surface area (Å²) in [5, 5.41) is 11.7. The van der Waals surface area contributed by atoms with Crippen LogP contribution in [0.2, 0.25) is 0 Å². The van der Waals surface area contributed by atoms with Crippen LogP contribution in [-0.2, 0) is 33.3 Å². The first-order chi connectivity index (χ1) is 33.6. The van der Waals surface area contributed by atoms with Crippen molar-refractivity contribution < 1.29 is 42.9 Å². The van der Waals surface area contributed by atoms with Crippen LogP contribution in [0.15, 0.2) is 109 Å². The van der Waals surface area contributed by atoms with Crippen LogP contribution in [0.3, 0.4) is 0 Å². The third-order valence-corrected chi connectivity index (χ3v) is 11.0. The summed E-state index contributed by atoms with van der Waals surface area (Å²) in [6, 6.07) is 0. The lowest BCUT2D eigenvalue weighted by Crippen LogP contribution is -2.44. The van der Waals surface area contributed by atoms with Crippen molar-refractivity contribution in [2.45, 2.75) is 206 Å². The Morgan fingerprint density at radius 1 is 0.449 bits per heavy atom. The summed E-state index contributed by atoms with van der Waals surface area (Å²) in [5.41, 5.74) is 0. The summed E-state index contributed by atoms with van der Waals surface area (Å²) in [5.74, 6) is -2.32. The Balaban J connectivity index is 4.28. The van der Waals surface area contributed by atoms with E-state index in [-0.39, 0.29) is 38.6 Å². The number of allylic oxidation sites excluding steroid dienone is 18. The van der Waals surface area contributed by atoms with E-state index in [2.05, 4.69) is 123 Å². The van der Waals surface area contributed by atoms with Crippen LogP contribution in [0.4, 0.5) is 0 Å². The highest BCUT2D eigenvalue weighted by Gasteiger charge is 2.22. The molecule has 0 aliphatic heterocycles. The maximum atomic E-state index is 12.8. The number of hydrogen-bond donors (Lipinski definition) is 0. The fourth-order valence-corrected chi connectivity index (χ4v) is 6.88. The maximum absolute atomic E-state index is 12.8. The lowest BCUT2D eigenvalue weighted by atomic mass is 10.1. The number of esters is 2. The highest BCUT2D eigenvalue weighted by atomic mass is 16.7. The van der Waals surface area contributed by atoms with E-state index in [1.165, 1.54) is 51.4 Å². The van der Waals surface area contributed by atoms with Gasteiger partial charge in [0.15, 0.2) is 12.4 Å². The molecule has 0 saturated heterocycles. The summed E-state index contributed by atoms with van der Waals surface area (Å²) in [4.78, 5) is 37.1. The molecule has 9 heteroatoms. The Hall–Kier alpha value is -4.05. The molecule has 0 rings (SSSR count). The van der Waals surface area contributed by atoms with E-state index in [4.69, 9.17) is 18.9 Å². The van der Waals surface area contributed by atoms with Crippen LogP contribution in [0.5, 0.6) is 0 Å². The minimum Gasteiger partial charge on any atom is -0.545 e. The second-order valence-electron chi connectivity index (χ2n) is 18.8. The van der Waals surface area contributed by atoms with E-state index >= 15 is 0 Å². The zero-order chi connectivity index (χ0) is 50.6. The number of aliphatic carboxylic acids is 1. The molecule has 69 heavy (non-hydrogen) atoms. The minimum absolute atomic E-state index is 0.139. The second-order valence-corrected chi connectivity index (χ2v) is 18.8. The van der Waals surface area contributed by atoms with Crippen molar-refractivity contribution in [2.24, 2.45) is 0 Å². The van der Waals surface area contributed by atoms with E-state index in [0.717, 1.165) is 109 Å². The minimum atomic E-state index is -1.63. The highest BCUT2D eigenvalue weighted by Crippen LogP contribution is 2.14. The molecule has 0 fully saturated rings. The van der Waals surface area contributed by atoms with Gasteiger partial charge in [0.2, 0.25) is 0 Å². The average Bonchev–Trinajstić information content (AvgIpc) is 3.31. The van der Waals surface area contributed by atoms with Gasteiger partial charge in [0.05, 0.1) is 40.3 Å². The summed E-state index contributed by atoms with van der Waals surface area (Å²) in [6.45, 7) is 4.58. The molecular weight excluding hydrogens is 863 g/mol. The second kappa shape index (κ2) is 50.3. The van der Waals surface area contributed by atoms with Gasteiger partial charge in [-0.05, 0) is 83.5 Å². The summed E-state index contributed by atoms with van der Waals surface area (Å²) >= 11 is 0. The first-order valence-electron chi connectivity index (χ1n) is 27.0. The molecule has 0 aromatic carbocycles. The number of rotatable bonds is 48. The molecule has 9 nitrogen and oxygen atoms in total. The predicted octanol–water partition coefficient (Wildman–Crippen LogP) is 14.2. The SMILES string of the molecule is CC/C=C\C/C=C\C/C=C\C/C=C\C/C=C\C/C=C\C/C=C\C/C=C\C/C=C\CCCCCCCC(=O)OC(COC(=O)CCCCCCCCCCCCC)COC(OCC[N+](C)(C)C)C(=O)[O-]. The number of carbonyl (C=O) groups excluding carboxylic acids is 3. The van der Waals surface area contributed by atoms with Crippen molar-refractivity contribution in [1.29, 1.82) is 0 Å². The highest BCUT2D eigenvalue weighted by molar-refractivity contribution is 5.70. The zero-order valence-corrected chi connectivity index (χ0v) is 44.4. The zero-order valence-electron chi connectivity index (χ0n) is 44.4. The quantitative estimate of drug-likeness (QED) is 0.0195. The fraction of sp³-hybridized carbons (Fsp3) is 0.650. The number of carboxylic acids is 1. The molecule has 0 radical (unpaired) electrons. The number of nitrogens with zero attached hydrogens (tertiary/aromatic N) is 1. The van der Waals surface area contributed by atoms with Crippen LogP contribution in [0.25, 0.3) is 0 Å².